The first-order valence-electron chi connectivity index (χ1n) is 6.26. The second-order valence-corrected chi connectivity index (χ2v) is 5.30. The van der Waals surface area contributed by atoms with Crippen LogP contribution in [0.25, 0.3) is 0 Å². The van der Waals surface area contributed by atoms with Crippen LogP contribution in [0, 0.1) is 5.92 Å². The van der Waals surface area contributed by atoms with Crippen LogP contribution in [0.1, 0.15) is 32.6 Å². The Hall–Kier alpha value is -0.610. The number of rotatable bonds is 6. The van der Waals surface area contributed by atoms with Crippen LogP contribution >= 0.6 is 0 Å². The number of likely N-dealkylation sites (N-methyl/N-ethyl adjacent to an activating group) is 1. The molecule has 2 N–H and O–H groups in total. The molecule has 16 heavy (non-hydrogen) atoms. The summed E-state index contributed by atoms with van der Waals surface area (Å²) in [5, 5.41) is 12.8. The van der Waals surface area contributed by atoms with E-state index in [9.17, 15) is 9.90 Å². The summed E-state index contributed by atoms with van der Waals surface area (Å²) >= 11 is 0. The van der Waals surface area contributed by atoms with E-state index in [0.29, 0.717) is 18.5 Å². The minimum Gasteiger partial charge on any atom is -0.392 e. The maximum Gasteiger partial charge on any atom is 0.237 e. The molecule has 4 heteroatoms. The van der Waals surface area contributed by atoms with Crippen LogP contribution in [0.15, 0.2) is 0 Å². The Morgan fingerprint density at radius 3 is 2.56 bits per heavy atom. The highest BCUT2D eigenvalue weighted by Crippen LogP contribution is 2.32. The number of aliphatic hydroxyl groups is 1. The van der Waals surface area contributed by atoms with Gasteiger partial charge >= 0.3 is 0 Å². The summed E-state index contributed by atoms with van der Waals surface area (Å²) in [5.74, 6) is 0.564. The van der Waals surface area contributed by atoms with Crippen molar-refractivity contribution in [2.75, 3.05) is 13.6 Å². The lowest BCUT2D eigenvalue weighted by Crippen LogP contribution is -2.46. The normalized spacial score (nSPS) is 24.2. The first kappa shape index (κ1) is 11.9. The van der Waals surface area contributed by atoms with Crippen LogP contribution in [0.4, 0.5) is 0 Å². The zero-order valence-corrected chi connectivity index (χ0v) is 10.1. The molecule has 2 aliphatic carbocycles. The van der Waals surface area contributed by atoms with Crippen LogP contribution in [-0.2, 0) is 4.79 Å². The van der Waals surface area contributed by atoms with Gasteiger partial charge in [-0.2, -0.15) is 0 Å². The molecule has 0 aromatic rings. The largest absolute Gasteiger partial charge is 0.392 e. The molecule has 2 aliphatic rings. The molecule has 0 aromatic heterocycles. The van der Waals surface area contributed by atoms with E-state index in [4.69, 9.17) is 0 Å². The molecule has 2 fully saturated rings. The van der Waals surface area contributed by atoms with Gasteiger partial charge in [0.2, 0.25) is 5.91 Å². The van der Waals surface area contributed by atoms with E-state index < -0.39 is 0 Å². The summed E-state index contributed by atoms with van der Waals surface area (Å²) in [7, 11) is 1.91. The molecule has 0 saturated heterocycles. The Kier molecular flexibility index (Phi) is 3.50. The molecular formula is C12H22N2O2. The van der Waals surface area contributed by atoms with E-state index >= 15 is 0 Å². The van der Waals surface area contributed by atoms with Gasteiger partial charge in [-0.25, -0.2) is 0 Å². The van der Waals surface area contributed by atoms with Crippen molar-refractivity contribution in [3.63, 3.8) is 0 Å². The molecular weight excluding hydrogens is 204 g/mol. The standard InChI is InChI=1S/C12H22N2O2/c1-8(12(16)13-10-5-6-10)14(2)7-11(15)9-3-4-9/h8-11,15H,3-7H2,1-2H3,(H,13,16)/t8-,11-/m1/s1. The summed E-state index contributed by atoms with van der Waals surface area (Å²) in [6, 6.07) is 0.269. The van der Waals surface area contributed by atoms with Crippen molar-refractivity contribution in [2.24, 2.45) is 5.92 Å². The van der Waals surface area contributed by atoms with Crippen LogP contribution in [0.2, 0.25) is 0 Å². The van der Waals surface area contributed by atoms with Crippen LogP contribution in [0.5, 0.6) is 0 Å². The molecule has 0 spiro atoms. The average Bonchev–Trinajstić information content (AvgIpc) is 3.08. The fraction of sp³-hybridized carbons (Fsp3) is 0.917. The molecule has 4 nitrogen and oxygen atoms in total. The van der Waals surface area contributed by atoms with E-state index in [-0.39, 0.29) is 18.1 Å². The summed E-state index contributed by atoms with van der Waals surface area (Å²) in [6.07, 6.45) is 4.25. The third-order valence-corrected chi connectivity index (χ3v) is 3.61. The van der Waals surface area contributed by atoms with Crippen molar-refractivity contribution in [1.82, 2.24) is 10.2 Å². The molecule has 0 aliphatic heterocycles. The molecule has 2 atom stereocenters. The molecule has 1 amide bonds. The van der Waals surface area contributed by atoms with Gasteiger partial charge in [-0.1, -0.05) is 0 Å². The Bertz CT molecular complexity index is 262. The smallest absolute Gasteiger partial charge is 0.237 e. The van der Waals surface area contributed by atoms with E-state index in [2.05, 4.69) is 5.32 Å². The lowest BCUT2D eigenvalue weighted by atomic mass is 10.2. The molecule has 0 radical (unpaired) electrons. The zero-order chi connectivity index (χ0) is 11.7. The van der Waals surface area contributed by atoms with Gasteiger partial charge in [0.05, 0.1) is 12.1 Å². The van der Waals surface area contributed by atoms with Crippen molar-refractivity contribution in [3.8, 4) is 0 Å². The van der Waals surface area contributed by atoms with Gasteiger partial charge in [-0.05, 0) is 45.6 Å². The lowest BCUT2D eigenvalue weighted by Gasteiger charge is -2.26. The molecule has 2 saturated carbocycles. The minimum absolute atomic E-state index is 0.0907. The predicted octanol–water partition coefficient (Wildman–Crippen LogP) is 0.356. The van der Waals surface area contributed by atoms with Gasteiger partial charge in [0.15, 0.2) is 0 Å². The summed E-state index contributed by atoms with van der Waals surface area (Å²) in [6.45, 7) is 2.50. The Labute approximate surface area is 97.0 Å². The molecule has 92 valence electrons. The second-order valence-electron chi connectivity index (χ2n) is 5.30. The maximum atomic E-state index is 11.8. The summed E-state index contributed by atoms with van der Waals surface area (Å²) in [4.78, 5) is 13.7. The summed E-state index contributed by atoms with van der Waals surface area (Å²) < 4.78 is 0. The number of hydrogen-bond acceptors (Lipinski definition) is 3. The van der Waals surface area contributed by atoms with E-state index in [1.54, 1.807) is 0 Å². The van der Waals surface area contributed by atoms with Crippen molar-refractivity contribution < 1.29 is 9.90 Å². The number of nitrogens with one attached hydrogen (secondary N) is 1. The highest BCUT2D eigenvalue weighted by molar-refractivity contribution is 5.81. The maximum absolute atomic E-state index is 11.8. The Balaban J connectivity index is 1.72. The Morgan fingerprint density at radius 1 is 1.44 bits per heavy atom. The highest BCUT2D eigenvalue weighted by Gasteiger charge is 2.32. The monoisotopic (exact) mass is 226 g/mol. The zero-order valence-electron chi connectivity index (χ0n) is 10.1. The number of aliphatic hydroxyl groups excluding tert-OH is 1. The first-order chi connectivity index (χ1) is 7.58. The third-order valence-electron chi connectivity index (χ3n) is 3.61. The van der Waals surface area contributed by atoms with Gasteiger partial charge in [0, 0.05) is 12.6 Å². The second kappa shape index (κ2) is 4.72. The van der Waals surface area contributed by atoms with Crippen molar-refractivity contribution in [2.45, 2.75) is 50.8 Å². The number of carbonyl (C=O) groups is 1. The van der Waals surface area contributed by atoms with Crippen molar-refractivity contribution in [3.05, 3.63) is 0 Å². The molecule has 0 heterocycles. The van der Waals surface area contributed by atoms with Crippen LogP contribution in [0.3, 0.4) is 0 Å². The first-order valence-corrected chi connectivity index (χ1v) is 6.26. The lowest BCUT2D eigenvalue weighted by molar-refractivity contribution is -0.126. The van der Waals surface area contributed by atoms with Crippen LogP contribution in [-0.4, -0.2) is 47.7 Å². The number of amides is 1. The van der Waals surface area contributed by atoms with Gasteiger partial charge in [-0.15, -0.1) is 0 Å². The number of hydrogen-bond donors (Lipinski definition) is 2. The van der Waals surface area contributed by atoms with Crippen molar-refractivity contribution >= 4 is 5.91 Å². The minimum atomic E-state index is -0.263. The topological polar surface area (TPSA) is 52.6 Å². The number of nitrogens with zero attached hydrogens (tertiary/aromatic N) is 1. The SMILES string of the molecule is C[C@H](C(=O)NC1CC1)N(C)C[C@@H](O)C1CC1. The molecule has 0 bridgehead atoms. The molecule has 0 aromatic carbocycles. The van der Waals surface area contributed by atoms with E-state index in [1.807, 2.05) is 18.9 Å². The van der Waals surface area contributed by atoms with Gasteiger partial charge < -0.3 is 10.4 Å². The summed E-state index contributed by atoms with van der Waals surface area (Å²) in [5.41, 5.74) is 0. The fourth-order valence-corrected chi connectivity index (χ4v) is 1.83. The fourth-order valence-electron chi connectivity index (χ4n) is 1.83. The van der Waals surface area contributed by atoms with E-state index in [0.717, 1.165) is 25.7 Å². The highest BCUT2D eigenvalue weighted by atomic mass is 16.3. The molecule has 2 rings (SSSR count). The molecule has 0 unspecified atom stereocenters. The van der Waals surface area contributed by atoms with Gasteiger partial charge in [0.1, 0.15) is 0 Å². The van der Waals surface area contributed by atoms with Gasteiger partial charge in [0.25, 0.3) is 0 Å². The Morgan fingerprint density at radius 2 is 2.06 bits per heavy atom. The van der Waals surface area contributed by atoms with Crippen LogP contribution < -0.4 is 5.32 Å². The predicted molar refractivity (Wildman–Crippen MR) is 62.0 cm³/mol. The van der Waals surface area contributed by atoms with Gasteiger partial charge in [-0.3, -0.25) is 9.69 Å². The third kappa shape index (κ3) is 3.19. The van der Waals surface area contributed by atoms with E-state index in [1.165, 1.54) is 0 Å². The quantitative estimate of drug-likeness (QED) is 0.687. The number of carbonyl (C=O) groups excluding carboxylic acids is 1. The average molecular weight is 226 g/mol. The van der Waals surface area contributed by atoms with Crippen molar-refractivity contribution in [1.29, 1.82) is 0 Å².